The molecule has 0 saturated heterocycles. The first-order valence-corrected chi connectivity index (χ1v) is 8.73. The van der Waals surface area contributed by atoms with Crippen molar-refractivity contribution >= 4 is 16.7 Å². The van der Waals surface area contributed by atoms with Gasteiger partial charge >= 0.3 is 0 Å². The minimum Gasteiger partial charge on any atom is -0.367 e. The number of nitrogens with one attached hydrogen (secondary N) is 2. The molecule has 132 valence electrons. The second-order valence-electron chi connectivity index (χ2n) is 6.80. The molecule has 0 atom stereocenters. The first-order chi connectivity index (χ1) is 12.5. The molecule has 4 aromatic rings. The van der Waals surface area contributed by atoms with E-state index in [-0.39, 0.29) is 0 Å². The van der Waals surface area contributed by atoms with E-state index in [2.05, 4.69) is 70.6 Å². The van der Waals surface area contributed by atoms with Crippen molar-refractivity contribution in [2.75, 3.05) is 5.32 Å². The molecule has 3 heterocycles. The highest BCUT2D eigenvalue weighted by molar-refractivity contribution is 6.00. The second kappa shape index (κ2) is 6.29. The fraction of sp³-hybridized carbons (Fsp3) is 0.250. The van der Waals surface area contributed by atoms with Gasteiger partial charge in [-0.3, -0.25) is 9.78 Å². The number of aromatic nitrogens is 5. The Balaban J connectivity index is 1.86. The predicted octanol–water partition coefficient (Wildman–Crippen LogP) is 4.15. The first kappa shape index (κ1) is 16.3. The number of nitrogens with zero attached hydrogens (tertiary/aromatic N) is 4. The summed E-state index contributed by atoms with van der Waals surface area (Å²) in [6.45, 7) is 6.28. The summed E-state index contributed by atoms with van der Waals surface area (Å²) < 4.78 is 1.89. The lowest BCUT2D eigenvalue weighted by molar-refractivity contribution is 0.740. The molecule has 0 fully saturated rings. The highest BCUT2D eigenvalue weighted by atomic mass is 15.3. The number of hydrogen-bond donors (Lipinski definition) is 2. The molecule has 26 heavy (non-hydrogen) atoms. The summed E-state index contributed by atoms with van der Waals surface area (Å²) in [6.07, 6.45) is 3.70. The van der Waals surface area contributed by atoms with E-state index in [0.717, 1.165) is 44.8 Å². The zero-order valence-corrected chi connectivity index (χ0v) is 15.4. The van der Waals surface area contributed by atoms with Gasteiger partial charge in [-0.25, -0.2) is 4.98 Å². The van der Waals surface area contributed by atoms with Gasteiger partial charge in [0.1, 0.15) is 11.5 Å². The van der Waals surface area contributed by atoms with Crippen LogP contribution in [0.2, 0.25) is 0 Å². The topological polar surface area (TPSA) is 71.4 Å². The van der Waals surface area contributed by atoms with Gasteiger partial charge in [0.15, 0.2) is 0 Å². The molecular formula is C20H22N6. The average molecular weight is 346 g/mol. The number of hydrogen-bond acceptors (Lipinski definition) is 4. The maximum absolute atomic E-state index is 4.57. The molecule has 4 rings (SSSR count). The highest BCUT2D eigenvalue weighted by Gasteiger charge is 2.15. The lowest BCUT2D eigenvalue weighted by Crippen LogP contribution is -2.11. The molecule has 3 aromatic heterocycles. The molecule has 0 saturated carbocycles. The molecule has 0 aliphatic rings. The Hall–Kier alpha value is -3.15. The molecule has 0 aliphatic heterocycles. The zero-order valence-electron chi connectivity index (χ0n) is 15.4. The second-order valence-corrected chi connectivity index (χ2v) is 6.80. The molecule has 0 bridgehead atoms. The Morgan fingerprint density at radius 3 is 2.69 bits per heavy atom. The van der Waals surface area contributed by atoms with Crippen LogP contribution in [0.4, 0.5) is 5.82 Å². The van der Waals surface area contributed by atoms with Crippen LogP contribution in [-0.4, -0.2) is 31.0 Å². The van der Waals surface area contributed by atoms with Crippen LogP contribution in [0.1, 0.15) is 19.5 Å². The van der Waals surface area contributed by atoms with Crippen LogP contribution in [0.5, 0.6) is 0 Å². The van der Waals surface area contributed by atoms with Gasteiger partial charge in [0.25, 0.3) is 0 Å². The van der Waals surface area contributed by atoms with E-state index in [4.69, 9.17) is 0 Å². The maximum Gasteiger partial charge on any atom is 0.137 e. The van der Waals surface area contributed by atoms with E-state index in [1.807, 2.05) is 24.0 Å². The predicted molar refractivity (Wildman–Crippen MR) is 105 cm³/mol. The van der Waals surface area contributed by atoms with Crippen molar-refractivity contribution in [2.24, 2.45) is 7.05 Å². The van der Waals surface area contributed by atoms with Crippen molar-refractivity contribution < 1.29 is 0 Å². The number of fused-ring (bicyclic) bond motifs is 1. The number of anilines is 1. The lowest BCUT2D eigenvalue weighted by Gasteiger charge is -2.11. The molecule has 0 aliphatic carbocycles. The van der Waals surface area contributed by atoms with Gasteiger partial charge in [-0.15, -0.1) is 0 Å². The Bertz CT molecular complexity index is 1070. The number of rotatable bonds is 4. The number of pyridine rings is 1. The van der Waals surface area contributed by atoms with Crippen LogP contribution in [0.25, 0.3) is 33.3 Å². The standard InChI is InChI=1S/C20H22N6/c1-12(2)23-20-18-17(8-9-21-20)24-25-19(18)15-7-5-6-14(10-15)16-11-22-26(4)13(16)3/h5-12H,1-4H3,(H,21,23)(H,24,25). The lowest BCUT2D eigenvalue weighted by atomic mass is 10.0. The summed E-state index contributed by atoms with van der Waals surface area (Å²) in [4.78, 5) is 4.52. The number of aryl methyl sites for hydroxylation is 1. The largest absolute Gasteiger partial charge is 0.367 e. The summed E-state index contributed by atoms with van der Waals surface area (Å²) in [6, 6.07) is 10.6. The summed E-state index contributed by atoms with van der Waals surface area (Å²) in [5.41, 5.74) is 6.33. The van der Waals surface area contributed by atoms with E-state index in [9.17, 15) is 0 Å². The zero-order chi connectivity index (χ0) is 18.3. The van der Waals surface area contributed by atoms with Crippen LogP contribution < -0.4 is 5.32 Å². The number of H-pyrrole nitrogens is 1. The van der Waals surface area contributed by atoms with E-state index in [1.54, 1.807) is 6.20 Å². The highest BCUT2D eigenvalue weighted by Crippen LogP contribution is 2.33. The van der Waals surface area contributed by atoms with Crippen LogP contribution in [0.15, 0.2) is 42.7 Å². The van der Waals surface area contributed by atoms with Gasteiger partial charge in [-0.2, -0.15) is 10.2 Å². The molecule has 0 unspecified atom stereocenters. The van der Waals surface area contributed by atoms with Crippen molar-refractivity contribution in [3.63, 3.8) is 0 Å². The van der Waals surface area contributed by atoms with E-state index >= 15 is 0 Å². The van der Waals surface area contributed by atoms with Crippen molar-refractivity contribution in [1.29, 1.82) is 0 Å². The Labute approximate surface area is 152 Å². The van der Waals surface area contributed by atoms with Crippen molar-refractivity contribution in [3.05, 3.63) is 48.4 Å². The fourth-order valence-electron chi connectivity index (χ4n) is 3.17. The molecule has 0 spiro atoms. The van der Waals surface area contributed by atoms with E-state index in [1.165, 1.54) is 0 Å². The molecule has 0 amide bonds. The van der Waals surface area contributed by atoms with Crippen LogP contribution in [-0.2, 0) is 7.05 Å². The Kier molecular flexibility index (Phi) is 3.95. The van der Waals surface area contributed by atoms with Gasteiger partial charge < -0.3 is 5.32 Å². The molecule has 2 N–H and O–H groups in total. The smallest absolute Gasteiger partial charge is 0.137 e. The van der Waals surface area contributed by atoms with Crippen LogP contribution in [0.3, 0.4) is 0 Å². The molecule has 0 radical (unpaired) electrons. The number of aromatic amines is 1. The maximum atomic E-state index is 4.57. The normalized spacial score (nSPS) is 11.4. The third-order valence-electron chi connectivity index (χ3n) is 4.58. The van der Waals surface area contributed by atoms with E-state index in [0.29, 0.717) is 6.04 Å². The molecule has 6 heteroatoms. The monoisotopic (exact) mass is 346 g/mol. The minimum atomic E-state index is 0.292. The van der Waals surface area contributed by atoms with E-state index < -0.39 is 0 Å². The fourth-order valence-corrected chi connectivity index (χ4v) is 3.17. The summed E-state index contributed by atoms with van der Waals surface area (Å²) in [7, 11) is 1.96. The van der Waals surface area contributed by atoms with Gasteiger partial charge in [0.2, 0.25) is 0 Å². The van der Waals surface area contributed by atoms with Gasteiger partial charge in [0.05, 0.1) is 17.1 Å². The van der Waals surface area contributed by atoms with Crippen molar-refractivity contribution in [1.82, 2.24) is 25.0 Å². The van der Waals surface area contributed by atoms with Crippen molar-refractivity contribution in [3.8, 4) is 22.4 Å². The third-order valence-corrected chi connectivity index (χ3v) is 4.58. The summed E-state index contributed by atoms with van der Waals surface area (Å²) in [5.74, 6) is 0.851. The Morgan fingerprint density at radius 1 is 1.15 bits per heavy atom. The molecule has 1 aromatic carbocycles. The third kappa shape index (κ3) is 2.73. The summed E-state index contributed by atoms with van der Waals surface area (Å²) >= 11 is 0. The number of benzene rings is 1. The molecular weight excluding hydrogens is 324 g/mol. The SMILES string of the molecule is Cc1c(-c2cccc(-c3n[nH]c4ccnc(NC(C)C)c34)c2)cnn1C. The quantitative estimate of drug-likeness (QED) is 0.582. The summed E-state index contributed by atoms with van der Waals surface area (Å²) in [5, 5.41) is 16.5. The first-order valence-electron chi connectivity index (χ1n) is 8.73. The van der Waals surface area contributed by atoms with Crippen LogP contribution in [0, 0.1) is 6.92 Å². The average Bonchev–Trinajstić information content (AvgIpc) is 3.20. The van der Waals surface area contributed by atoms with Gasteiger partial charge in [0, 0.05) is 36.1 Å². The minimum absolute atomic E-state index is 0.292. The van der Waals surface area contributed by atoms with Gasteiger partial charge in [-0.05, 0) is 38.5 Å². The van der Waals surface area contributed by atoms with Crippen LogP contribution >= 0.6 is 0 Å². The van der Waals surface area contributed by atoms with Gasteiger partial charge in [-0.1, -0.05) is 18.2 Å². The van der Waals surface area contributed by atoms with Crippen molar-refractivity contribution in [2.45, 2.75) is 26.8 Å². The molecule has 6 nitrogen and oxygen atoms in total. The Morgan fingerprint density at radius 2 is 1.96 bits per heavy atom.